The van der Waals surface area contributed by atoms with E-state index in [1.807, 2.05) is 10.9 Å². The Morgan fingerprint density at radius 3 is 2.67 bits per heavy atom. The number of aldehydes is 1. The molecule has 0 spiro atoms. The molecule has 0 radical (unpaired) electrons. The fourth-order valence-electron chi connectivity index (χ4n) is 0.929. The molecule has 1 heterocycles. The molecule has 0 N–H and O–H groups in total. The Kier molecular flexibility index (Phi) is 2.31. The van der Waals surface area contributed by atoms with Gasteiger partial charge in [0.1, 0.15) is 6.29 Å². The monoisotopic (exact) mass is 166 g/mol. The normalized spacial score (nSPS) is 11.6. The fourth-order valence-corrected chi connectivity index (χ4v) is 0.929. The Morgan fingerprint density at radius 1 is 1.58 bits per heavy atom. The highest BCUT2D eigenvalue weighted by atomic mass is 16.1. The lowest BCUT2D eigenvalue weighted by Crippen LogP contribution is -2.21. The van der Waals surface area contributed by atoms with E-state index in [2.05, 4.69) is 25.9 Å². The third-order valence-electron chi connectivity index (χ3n) is 1.64. The van der Waals surface area contributed by atoms with E-state index < -0.39 is 0 Å². The molecule has 1 aromatic heterocycles. The lowest BCUT2D eigenvalue weighted by Gasteiger charge is -2.18. The highest BCUT2D eigenvalue weighted by Crippen LogP contribution is 2.12. The lowest BCUT2D eigenvalue weighted by atomic mass is 10.1. The molecule has 3 nitrogen and oxygen atoms in total. The van der Waals surface area contributed by atoms with Gasteiger partial charge in [0.15, 0.2) is 0 Å². The SMILES string of the molecule is CC(C)(C)n1cc(CC=O)cn1. The molecule has 0 saturated heterocycles. The lowest BCUT2D eigenvalue weighted by molar-refractivity contribution is -0.107. The Hall–Kier alpha value is -1.12. The average molecular weight is 166 g/mol. The standard InChI is InChI=1S/C9H14N2O/c1-9(2,3)11-7-8(4-5-12)6-10-11/h5-7H,4H2,1-3H3. The van der Waals surface area contributed by atoms with Crippen LogP contribution in [-0.4, -0.2) is 16.1 Å². The molecular weight excluding hydrogens is 152 g/mol. The van der Waals surface area contributed by atoms with Crippen LogP contribution in [0.2, 0.25) is 0 Å². The molecule has 0 unspecified atom stereocenters. The van der Waals surface area contributed by atoms with Crippen molar-refractivity contribution in [3.8, 4) is 0 Å². The smallest absolute Gasteiger partial charge is 0.124 e. The molecule has 0 bridgehead atoms. The minimum Gasteiger partial charge on any atom is -0.303 e. The summed E-state index contributed by atoms with van der Waals surface area (Å²) < 4.78 is 1.87. The molecule has 0 aliphatic rings. The van der Waals surface area contributed by atoms with Crippen LogP contribution in [0.1, 0.15) is 26.3 Å². The summed E-state index contributed by atoms with van der Waals surface area (Å²) in [4.78, 5) is 10.2. The maximum absolute atomic E-state index is 10.2. The summed E-state index contributed by atoms with van der Waals surface area (Å²) in [5.41, 5.74) is 0.973. The van der Waals surface area contributed by atoms with E-state index in [-0.39, 0.29) is 5.54 Å². The second-order valence-electron chi connectivity index (χ2n) is 3.83. The zero-order valence-corrected chi connectivity index (χ0v) is 7.74. The van der Waals surface area contributed by atoms with Crippen molar-refractivity contribution in [2.75, 3.05) is 0 Å². The Bertz CT molecular complexity index is 270. The molecule has 0 saturated carbocycles. The summed E-state index contributed by atoms with van der Waals surface area (Å²) in [6.07, 6.45) is 4.99. The summed E-state index contributed by atoms with van der Waals surface area (Å²) in [6.45, 7) is 6.22. The number of hydrogen-bond donors (Lipinski definition) is 0. The number of hydrogen-bond acceptors (Lipinski definition) is 2. The van der Waals surface area contributed by atoms with Gasteiger partial charge in [0, 0.05) is 12.6 Å². The van der Waals surface area contributed by atoms with Crippen LogP contribution in [0.5, 0.6) is 0 Å². The van der Waals surface area contributed by atoms with Crippen molar-refractivity contribution >= 4 is 6.29 Å². The minimum absolute atomic E-state index is 0.00113. The van der Waals surface area contributed by atoms with E-state index in [1.54, 1.807) is 6.20 Å². The van der Waals surface area contributed by atoms with Gasteiger partial charge >= 0.3 is 0 Å². The maximum atomic E-state index is 10.2. The van der Waals surface area contributed by atoms with Crippen LogP contribution >= 0.6 is 0 Å². The molecule has 0 aromatic carbocycles. The Labute approximate surface area is 72.4 Å². The molecular formula is C9H14N2O. The topological polar surface area (TPSA) is 34.9 Å². The van der Waals surface area contributed by atoms with E-state index in [1.165, 1.54) is 0 Å². The second kappa shape index (κ2) is 3.09. The van der Waals surface area contributed by atoms with Gasteiger partial charge in [-0.15, -0.1) is 0 Å². The van der Waals surface area contributed by atoms with Crippen LogP contribution < -0.4 is 0 Å². The van der Waals surface area contributed by atoms with Gasteiger partial charge in [-0.2, -0.15) is 5.10 Å². The summed E-state index contributed by atoms with van der Waals surface area (Å²) in [7, 11) is 0. The second-order valence-corrected chi connectivity index (χ2v) is 3.83. The van der Waals surface area contributed by atoms with Gasteiger partial charge in [0.2, 0.25) is 0 Å². The number of aromatic nitrogens is 2. The maximum Gasteiger partial charge on any atom is 0.124 e. The summed E-state index contributed by atoms with van der Waals surface area (Å²) >= 11 is 0. The van der Waals surface area contributed by atoms with Crippen molar-refractivity contribution in [2.45, 2.75) is 32.7 Å². The van der Waals surface area contributed by atoms with Gasteiger partial charge in [-0.3, -0.25) is 4.68 Å². The summed E-state index contributed by atoms with van der Waals surface area (Å²) in [5, 5.41) is 4.16. The van der Waals surface area contributed by atoms with Crippen molar-refractivity contribution in [1.29, 1.82) is 0 Å². The van der Waals surface area contributed by atoms with Gasteiger partial charge < -0.3 is 4.79 Å². The van der Waals surface area contributed by atoms with Crippen LogP contribution in [0.15, 0.2) is 12.4 Å². The third-order valence-corrected chi connectivity index (χ3v) is 1.64. The van der Waals surface area contributed by atoms with Crippen LogP contribution in [-0.2, 0) is 16.8 Å². The first-order chi connectivity index (χ1) is 5.54. The van der Waals surface area contributed by atoms with Crippen molar-refractivity contribution in [3.05, 3.63) is 18.0 Å². The van der Waals surface area contributed by atoms with Crippen LogP contribution in [0.3, 0.4) is 0 Å². The highest BCUT2D eigenvalue weighted by molar-refractivity contribution is 5.54. The van der Waals surface area contributed by atoms with E-state index >= 15 is 0 Å². The van der Waals surface area contributed by atoms with Gasteiger partial charge in [0.25, 0.3) is 0 Å². The molecule has 3 heteroatoms. The molecule has 1 aromatic rings. The minimum atomic E-state index is 0.00113. The van der Waals surface area contributed by atoms with Gasteiger partial charge in [0.05, 0.1) is 11.7 Å². The molecule has 0 aliphatic carbocycles. The van der Waals surface area contributed by atoms with Crippen molar-refractivity contribution in [3.63, 3.8) is 0 Å². The summed E-state index contributed by atoms with van der Waals surface area (Å²) in [6, 6.07) is 0. The molecule has 0 fully saturated rings. The van der Waals surface area contributed by atoms with Gasteiger partial charge in [-0.1, -0.05) is 0 Å². The predicted molar refractivity (Wildman–Crippen MR) is 47.0 cm³/mol. The first-order valence-electron chi connectivity index (χ1n) is 4.01. The first-order valence-corrected chi connectivity index (χ1v) is 4.01. The molecule has 0 atom stereocenters. The van der Waals surface area contributed by atoms with Crippen LogP contribution in [0, 0.1) is 0 Å². The molecule has 66 valence electrons. The first kappa shape index (κ1) is 8.97. The van der Waals surface area contributed by atoms with Crippen molar-refractivity contribution in [1.82, 2.24) is 9.78 Å². The zero-order valence-electron chi connectivity index (χ0n) is 7.74. The molecule has 1 rings (SSSR count). The third kappa shape index (κ3) is 1.94. The number of rotatable bonds is 2. The number of nitrogens with zero attached hydrogens (tertiary/aromatic N) is 2. The number of carbonyl (C=O) groups excluding carboxylic acids is 1. The van der Waals surface area contributed by atoms with E-state index in [0.29, 0.717) is 6.42 Å². The van der Waals surface area contributed by atoms with Crippen molar-refractivity contribution < 1.29 is 4.79 Å². The predicted octanol–water partition coefficient (Wildman–Crippen LogP) is 1.38. The van der Waals surface area contributed by atoms with E-state index in [0.717, 1.165) is 11.8 Å². The van der Waals surface area contributed by atoms with Gasteiger partial charge in [-0.05, 0) is 26.3 Å². The van der Waals surface area contributed by atoms with E-state index in [9.17, 15) is 4.79 Å². The largest absolute Gasteiger partial charge is 0.303 e. The molecule has 0 aliphatic heterocycles. The Morgan fingerprint density at radius 2 is 2.25 bits per heavy atom. The fraction of sp³-hybridized carbons (Fsp3) is 0.556. The quantitative estimate of drug-likeness (QED) is 0.622. The molecule has 0 amide bonds. The molecule has 12 heavy (non-hydrogen) atoms. The number of carbonyl (C=O) groups is 1. The average Bonchev–Trinajstić information content (AvgIpc) is 2.35. The van der Waals surface area contributed by atoms with E-state index in [4.69, 9.17) is 0 Å². The van der Waals surface area contributed by atoms with Gasteiger partial charge in [-0.25, -0.2) is 0 Å². The highest BCUT2D eigenvalue weighted by Gasteiger charge is 2.13. The van der Waals surface area contributed by atoms with Crippen LogP contribution in [0.25, 0.3) is 0 Å². The summed E-state index contributed by atoms with van der Waals surface area (Å²) in [5.74, 6) is 0. The van der Waals surface area contributed by atoms with Crippen LogP contribution in [0.4, 0.5) is 0 Å². The zero-order chi connectivity index (χ0) is 9.19. The van der Waals surface area contributed by atoms with Crippen molar-refractivity contribution in [2.24, 2.45) is 0 Å². The Balaban J connectivity index is 2.84.